The molecule has 14 N–H and O–H groups in total. The number of benzene rings is 1. The van der Waals surface area contributed by atoms with Gasteiger partial charge in [-0.2, -0.15) is 5.48 Å². The van der Waals surface area contributed by atoms with Gasteiger partial charge in [-0.05, 0) is 139 Å². The highest BCUT2D eigenvalue weighted by Gasteiger charge is 2.57. The van der Waals surface area contributed by atoms with Crippen molar-refractivity contribution in [1.82, 2.24) is 36.5 Å². The molecule has 6 heterocycles. The Bertz CT molecular complexity index is 4290. The van der Waals surface area contributed by atoms with E-state index in [4.69, 9.17) is 72.5 Å². The summed E-state index contributed by atoms with van der Waals surface area (Å²) in [5.74, 6) is 2.35. The number of alkyl carbamates (subject to hydrolysis) is 1. The Balaban J connectivity index is 0.00000249. The number of carboxylic acids is 2. The van der Waals surface area contributed by atoms with Gasteiger partial charge in [0.2, 0.25) is 46.7 Å². The maximum Gasteiger partial charge on any atom is 0.407 e. The molecule has 23 atom stereocenters. The van der Waals surface area contributed by atoms with E-state index in [1.807, 2.05) is 43.4 Å². The van der Waals surface area contributed by atoms with E-state index < -0.39 is 235 Å². The molecule has 8 rings (SSSR count). The lowest BCUT2D eigenvalue weighted by molar-refractivity contribution is -0.340. The quantitative estimate of drug-likeness (QED) is 0.0111. The van der Waals surface area contributed by atoms with E-state index in [0.29, 0.717) is 33.3 Å². The highest BCUT2D eigenvalue weighted by molar-refractivity contribution is 14.1. The number of halogens is 1. The number of methoxy groups -OCH3 is 5. The van der Waals surface area contributed by atoms with Gasteiger partial charge in [-0.1, -0.05) is 98.7 Å². The number of likely N-dealkylation sites (N-methyl/N-ethyl adjacent to an activating group) is 1. The van der Waals surface area contributed by atoms with Crippen LogP contribution in [0.15, 0.2) is 23.8 Å². The molecule has 19 unspecified atom stereocenters. The number of carbonyl (C=O) groups is 11. The Labute approximate surface area is 796 Å². The van der Waals surface area contributed by atoms with Gasteiger partial charge in [0.15, 0.2) is 41.9 Å². The van der Waals surface area contributed by atoms with E-state index in [1.54, 1.807) is 77.2 Å². The number of nitrogens with two attached hydrogens (primary N) is 1. The smallest absolute Gasteiger partial charge is 0.407 e. The van der Waals surface area contributed by atoms with E-state index >= 15 is 0 Å². The van der Waals surface area contributed by atoms with Gasteiger partial charge in [0, 0.05) is 94.7 Å². The minimum absolute atomic E-state index is 0.0138. The van der Waals surface area contributed by atoms with E-state index in [9.17, 15) is 83.4 Å². The second-order valence-corrected chi connectivity index (χ2v) is 40.0. The van der Waals surface area contributed by atoms with Crippen LogP contribution in [0.1, 0.15) is 169 Å². The van der Waals surface area contributed by atoms with Crippen molar-refractivity contribution >= 4 is 120 Å². The molecule has 0 bridgehead atoms. The highest BCUT2D eigenvalue weighted by atomic mass is 127. The van der Waals surface area contributed by atoms with Crippen molar-refractivity contribution in [2.45, 2.75) is 292 Å². The summed E-state index contributed by atoms with van der Waals surface area (Å²) in [6, 6.07) is -4.99. The number of aliphatic hydroxyl groups excluding tert-OH is 4. The van der Waals surface area contributed by atoms with Gasteiger partial charge in [0.25, 0.3) is 0 Å². The fourth-order valence-electron chi connectivity index (χ4n) is 16.5. The molecule has 0 spiro atoms. The van der Waals surface area contributed by atoms with E-state index in [1.165, 1.54) is 63.2 Å². The van der Waals surface area contributed by atoms with Gasteiger partial charge in [0.05, 0.1) is 121 Å². The fourth-order valence-corrected chi connectivity index (χ4v) is 20.4. The number of hydroxylamine groups is 1. The highest BCUT2D eigenvalue weighted by Crippen LogP contribution is 2.50. The van der Waals surface area contributed by atoms with Crippen molar-refractivity contribution in [2.24, 2.45) is 35.3 Å². The normalized spacial score (nSPS) is 29.3. The number of carboxylic acid groups (broad SMARTS) is 2. The summed E-state index contributed by atoms with van der Waals surface area (Å²) in [6.45, 7) is 22.3. The number of carbonyl (C=O) groups excluding carboxylic acids is 9. The van der Waals surface area contributed by atoms with Gasteiger partial charge < -0.3 is 129 Å². The number of amides is 6. The van der Waals surface area contributed by atoms with Crippen molar-refractivity contribution in [3.63, 3.8) is 0 Å². The molecular formula is C89H133IN8O31S3. The molecule has 7 fully saturated rings. The summed E-state index contributed by atoms with van der Waals surface area (Å²) in [7, 11) is 9.59. The molecule has 39 nitrogen and oxygen atoms in total. The lowest BCUT2D eigenvalue weighted by Gasteiger charge is -2.49. The molecule has 6 amide bonds. The van der Waals surface area contributed by atoms with Crippen LogP contribution < -0.4 is 46.7 Å². The van der Waals surface area contributed by atoms with Crippen molar-refractivity contribution < 1.29 is 150 Å². The first-order chi connectivity index (χ1) is 62.4. The molecule has 6 saturated heterocycles. The molecule has 6 aliphatic heterocycles. The Hall–Kier alpha value is -7.07. The molecular weight excluding hydrogens is 1900 g/mol. The summed E-state index contributed by atoms with van der Waals surface area (Å²) in [5.41, 5.74) is 7.28. The van der Waals surface area contributed by atoms with Crippen LogP contribution in [0, 0.1) is 63.8 Å². The number of hydrogen-bond donors (Lipinski definition) is 13. The number of ketones is 2. The number of aliphatic hydroxyl groups is 5. The maximum absolute atomic E-state index is 14.8. The zero-order valence-corrected chi connectivity index (χ0v) is 82.4. The average Bonchev–Trinajstić information content (AvgIpc) is 0.745. The number of hydrogen-bond acceptors (Lipinski definition) is 34. The van der Waals surface area contributed by atoms with Crippen LogP contribution in [-0.2, 0) is 90.6 Å². The summed E-state index contributed by atoms with van der Waals surface area (Å²) in [4.78, 5) is 154. The van der Waals surface area contributed by atoms with Gasteiger partial charge in [-0.3, -0.25) is 52.8 Å². The number of Topliss-reactive ketones (excluding diaryl/α,β-unsaturated/α-hetero) is 2. The predicted molar refractivity (Wildman–Crippen MR) is 492 cm³/mol. The van der Waals surface area contributed by atoms with Crippen molar-refractivity contribution in [3.05, 3.63) is 38.5 Å². The first kappa shape index (κ1) is 112. The monoisotopic (exact) mass is 2030 g/mol. The maximum atomic E-state index is 14.8. The summed E-state index contributed by atoms with van der Waals surface area (Å²) >= 11 is 2.75. The van der Waals surface area contributed by atoms with E-state index in [0.717, 1.165) is 44.8 Å². The Kier molecular flexibility index (Phi) is 45.0. The topological polar surface area (TPSA) is 542 Å². The predicted octanol–water partition coefficient (Wildman–Crippen LogP) is 3.99. The average molecular weight is 2030 g/mol. The molecule has 1 aromatic carbocycles. The number of nitrogens with zero attached hydrogens (tertiary/aromatic N) is 2. The molecule has 1 aliphatic carbocycles. The van der Waals surface area contributed by atoms with Crippen molar-refractivity contribution in [3.8, 4) is 40.9 Å². The molecule has 132 heavy (non-hydrogen) atoms. The minimum Gasteiger partial charge on any atom is -0.492 e. The van der Waals surface area contributed by atoms with Crippen LogP contribution in [0.3, 0.4) is 0 Å². The third kappa shape index (κ3) is 30.7. The fraction of sp³-hybridized carbons (Fsp3) is 0.719. The molecule has 0 radical (unpaired) electrons. The number of thioether (sulfide) groups is 1. The minimum atomic E-state index is -1.85. The second kappa shape index (κ2) is 53.0. The van der Waals surface area contributed by atoms with Gasteiger partial charge in [-0.15, -0.1) is 5.92 Å². The molecule has 0 aromatic heterocycles. The Morgan fingerprint density at radius 3 is 2.04 bits per heavy atom. The Morgan fingerprint density at radius 2 is 1.45 bits per heavy atom. The summed E-state index contributed by atoms with van der Waals surface area (Å²) in [5, 5.41) is 87.0. The van der Waals surface area contributed by atoms with Crippen LogP contribution in [0.5, 0.6) is 17.2 Å². The standard InChI is InChI=1S/C83H122IN7O29S3.C6H11NO2/c1-18-20-21-22-23-25-54(63-48(30-33-121-123-82(10,11)12)83(107,41(3)4)38-53(94)66(63)88-81(106)112-17)117-80-73(68(100)65(44(7)115-80)89-120-61-36-52(93)75(46(9)114-61)122-78(105)62-43(6)64(84)71(74(111-16)70(62)109-14)119-79-69(101)72(110-15)67(99)45(8)116-79)118-60-37-55(108-13)50(40-113-60)91(19-2)59(98)39-86-76(102)42(5)34-51(92)49(35-56(85)95)87-57(96)26-24-27-58(97)90-31-28-47(29-32-90)77(103)104;8-6(9)5-1-3-7-4-2-5/h21-22,30,41-42,44-47,49-50,52,54-55,60-61,63,65-69,72-73,75,79-80,89,93,99-101,107H,19,24,26-29,31-40H2,1-17H3,(H2,85,95)(H,86,102)(H,87,96)(H,88,106)(H,103,104);5,7H,1-4H2,(H,8,9)/b22-21-,48-30+;/t42-,44?,45?,46?,49+,50?,52?,54+,55?,60?,61?,63?,65?,66?,67?,68?,69?,72?,73?,75?,79?,80?,83-;/m1./s1. The van der Waals surface area contributed by atoms with Gasteiger partial charge >= 0.3 is 18.0 Å². The largest absolute Gasteiger partial charge is 0.492 e. The number of nitrogens with one attached hydrogen (secondary N) is 5. The first-order valence-corrected chi connectivity index (χ1v) is 48.4. The lowest BCUT2D eigenvalue weighted by Crippen LogP contribution is -2.66. The second-order valence-electron chi connectivity index (χ2n) is 34.6. The molecule has 740 valence electrons. The molecule has 7 aliphatic rings. The zero-order chi connectivity index (χ0) is 97.9. The summed E-state index contributed by atoms with van der Waals surface area (Å²) in [6.07, 6.45) is -15.3. The number of likely N-dealkylation sites (tertiary alicyclic amines) is 1. The van der Waals surface area contributed by atoms with Gasteiger partial charge in [-0.25, -0.2) is 4.79 Å². The molecule has 1 saturated carbocycles. The zero-order valence-electron chi connectivity index (χ0n) is 77.8. The SMILES string of the molecule is CC#C/C=C\C#C[C@H](OC1OC(C)C(NOC2CC(O)C(SC(=O)c3c(C)c(I)c(OC4OC(C)C(O)C(OC)C4O)c(OC)c3OC)C(C)O2)C(O)C1OC1CC(OC)C(N(CC)C(=O)CNC(=O)[C@H](C)CC(=O)[C@H](CC(N)=O)NC(=O)CCCC(=O)N2CCC(C(=O)O)CC2)CO1)C1/C(=C\CSSC(C)(C)C)[C@](O)(C(C)C)CC(=O)C1NC(=O)OC.O=C(O)C1CCNCC1. The Morgan fingerprint density at radius 1 is 0.803 bits per heavy atom. The number of allylic oxidation sites excluding steroid dienone is 2. The number of rotatable bonds is 38. The number of aliphatic carboxylic acids is 2. The van der Waals surface area contributed by atoms with E-state index in [-0.39, 0.29) is 97.7 Å². The van der Waals surface area contributed by atoms with Crippen molar-refractivity contribution in [1.29, 1.82) is 0 Å². The first-order valence-electron chi connectivity index (χ1n) is 44.1. The number of ether oxygens (including phenoxy) is 12. The van der Waals surface area contributed by atoms with Crippen LogP contribution in [-0.4, -0.2) is 329 Å². The number of piperidine rings is 2. The van der Waals surface area contributed by atoms with Crippen molar-refractivity contribution in [2.75, 3.05) is 87.2 Å². The van der Waals surface area contributed by atoms with Crippen LogP contribution in [0.25, 0.3) is 0 Å². The third-order valence-corrected chi connectivity index (χ3v) is 29.8. The van der Waals surface area contributed by atoms with Crippen LogP contribution >= 0.6 is 55.9 Å². The number of primary amides is 1. The molecule has 1 aromatic rings. The lowest BCUT2D eigenvalue weighted by atomic mass is 9.64. The summed E-state index contributed by atoms with van der Waals surface area (Å²) < 4.78 is 73.9. The third-order valence-electron chi connectivity index (χ3n) is 24.0. The van der Waals surface area contributed by atoms with Crippen LogP contribution in [0.4, 0.5) is 4.79 Å². The van der Waals surface area contributed by atoms with E-state index in [2.05, 4.69) is 50.4 Å². The molecule has 43 heteroatoms. The van der Waals surface area contributed by atoms with Gasteiger partial charge in [0.1, 0.15) is 42.7 Å². The van der Waals surface area contributed by atoms with Crippen LogP contribution in [0.2, 0.25) is 0 Å².